The first-order valence-electron chi connectivity index (χ1n) is 7.92. The SMILES string of the molecule is Cc1cc(N2CCC(N(C)C(=O)c3cccs3)CC2)nc(C)n1. The molecule has 1 aliphatic rings. The van der Waals surface area contributed by atoms with E-state index < -0.39 is 0 Å². The zero-order valence-corrected chi connectivity index (χ0v) is 14.6. The van der Waals surface area contributed by atoms with Crippen LogP contribution in [0.25, 0.3) is 0 Å². The predicted molar refractivity (Wildman–Crippen MR) is 93.2 cm³/mol. The van der Waals surface area contributed by atoms with Crippen molar-refractivity contribution in [3.8, 4) is 0 Å². The molecule has 0 bridgehead atoms. The van der Waals surface area contributed by atoms with Crippen molar-refractivity contribution in [2.45, 2.75) is 32.7 Å². The van der Waals surface area contributed by atoms with Gasteiger partial charge in [-0.05, 0) is 38.1 Å². The van der Waals surface area contributed by atoms with Gasteiger partial charge < -0.3 is 9.80 Å². The zero-order valence-electron chi connectivity index (χ0n) is 13.8. The van der Waals surface area contributed by atoms with Crippen LogP contribution in [0.3, 0.4) is 0 Å². The summed E-state index contributed by atoms with van der Waals surface area (Å²) < 4.78 is 0. The molecule has 5 nitrogen and oxygen atoms in total. The Kier molecular flexibility index (Phi) is 4.61. The Morgan fingerprint density at radius 3 is 2.65 bits per heavy atom. The topological polar surface area (TPSA) is 49.3 Å². The number of anilines is 1. The molecule has 1 aliphatic heterocycles. The monoisotopic (exact) mass is 330 g/mol. The fourth-order valence-corrected chi connectivity index (χ4v) is 3.79. The van der Waals surface area contributed by atoms with E-state index in [4.69, 9.17) is 0 Å². The summed E-state index contributed by atoms with van der Waals surface area (Å²) in [5, 5.41) is 1.95. The second kappa shape index (κ2) is 6.66. The van der Waals surface area contributed by atoms with Crippen molar-refractivity contribution in [3.63, 3.8) is 0 Å². The molecular formula is C17H22N4OS. The fraction of sp³-hybridized carbons (Fsp3) is 0.471. The first kappa shape index (κ1) is 15.9. The van der Waals surface area contributed by atoms with Crippen molar-refractivity contribution in [3.05, 3.63) is 40.0 Å². The third-order valence-electron chi connectivity index (χ3n) is 4.34. The summed E-state index contributed by atoms with van der Waals surface area (Å²) in [6, 6.07) is 6.15. The highest BCUT2D eigenvalue weighted by Crippen LogP contribution is 2.23. The zero-order chi connectivity index (χ0) is 16.4. The molecule has 0 aliphatic carbocycles. The van der Waals surface area contributed by atoms with E-state index in [2.05, 4.69) is 14.9 Å². The highest BCUT2D eigenvalue weighted by Gasteiger charge is 2.27. The van der Waals surface area contributed by atoms with E-state index in [1.54, 1.807) is 0 Å². The highest BCUT2D eigenvalue weighted by molar-refractivity contribution is 7.12. The molecule has 2 aromatic heterocycles. The van der Waals surface area contributed by atoms with Gasteiger partial charge in [0, 0.05) is 37.9 Å². The number of aryl methyl sites for hydroxylation is 2. The molecule has 1 amide bonds. The summed E-state index contributed by atoms with van der Waals surface area (Å²) in [6.07, 6.45) is 1.94. The molecular weight excluding hydrogens is 308 g/mol. The first-order chi connectivity index (χ1) is 11.0. The number of rotatable bonds is 3. The molecule has 0 unspecified atom stereocenters. The van der Waals surface area contributed by atoms with Gasteiger partial charge in [0.1, 0.15) is 11.6 Å². The van der Waals surface area contributed by atoms with Crippen molar-refractivity contribution >= 4 is 23.1 Å². The Bertz CT molecular complexity index is 658. The van der Waals surface area contributed by atoms with Crippen molar-refractivity contribution in [2.24, 2.45) is 0 Å². The quantitative estimate of drug-likeness (QED) is 0.868. The second-order valence-electron chi connectivity index (χ2n) is 6.03. The first-order valence-corrected chi connectivity index (χ1v) is 8.80. The number of hydrogen-bond donors (Lipinski definition) is 0. The molecule has 0 radical (unpaired) electrons. The van der Waals surface area contributed by atoms with Crippen LogP contribution in [-0.2, 0) is 0 Å². The molecule has 1 fully saturated rings. The number of piperidine rings is 1. The molecule has 0 spiro atoms. The molecule has 122 valence electrons. The summed E-state index contributed by atoms with van der Waals surface area (Å²) in [6.45, 7) is 5.76. The van der Waals surface area contributed by atoms with E-state index in [0.29, 0.717) is 6.04 Å². The van der Waals surface area contributed by atoms with Crippen LogP contribution in [0, 0.1) is 13.8 Å². The van der Waals surface area contributed by atoms with Gasteiger partial charge in [-0.25, -0.2) is 9.97 Å². The average Bonchev–Trinajstić information content (AvgIpc) is 3.07. The Morgan fingerprint density at radius 1 is 1.30 bits per heavy atom. The molecule has 3 rings (SSSR count). The van der Waals surface area contributed by atoms with Crippen LogP contribution in [0.5, 0.6) is 0 Å². The Labute approximate surface area is 141 Å². The summed E-state index contributed by atoms with van der Waals surface area (Å²) in [5.41, 5.74) is 1.000. The van der Waals surface area contributed by atoms with Crippen molar-refractivity contribution in [1.29, 1.82) is 0 Å². The van der Waals surface area contributed by atoms with Crippen LogP contribution < -0.4 is 4.90 Å². The third kappa shape index (κ3) is 3.52. The second-order valence-corrected chi connectivity index (χ2v) is 6.97. The number of aromatic nitrogens is 2. The van der Waals surface area contributed by atoms with Gasteiger partial charge in [-0.15, -0.1) is 11.3 Å². The van der Waals surface area contributed by atoms with Gasteiger partial charge >= 0.3 is 0 Å². The van der Waals surface area contributed by atoms with E-state index in [1.807, 2.05) is 49.4 Å². The van der Waals surface area contributed by atoms with Crippen LogP contribution in [0.4, 0.5) is 5.82 Å². The molecule has 0 saturated carbocycles. The summed E-state index contributed by atoms with van der Waals surface area (Å²) in [5.74, 6) is 1.94. The molecule has 0 N–H and O–H groups in total. The van der Waals surface area contributed by atoms with E-state index in [1.165, 1.54) is 11.3 Å². The largest absolute Gasteiger partial charge is 0.356 e. The predicted octanol–water partition coefficient (Wildman–Crippen LogP) is 2.90. The van der Waals surface area contributed by atoms with Crippen LogP contribution in [0.2, 0.25) is 0 Å². The third-order valence-corrected chi connectivity index (χ3v) is 5.20. The van der Waals surface area contributed by atoms with Crippen LogP contribution >= 0.6 is 11.3 Å². The van der Waals surface area contributed by atoms with Gasteiger partial charge in [-0.2, -0.15) is 0 Å². The van der Waals surface area contributed by atoms with Gasteiger partial charge in [-0.1, -0.05) is 6.07 Å². The number of thiophene rings is 1. The van der Waals surface area contributed by atoms with Gasteiger partial charge in [-0.3, -0.25) is 4.79 Å². The smallest absolute Gasteiger partial charge is 0.263 e. The maximum atomic E-state index is 12.4. The number of carbonyl (C=O) groups is 1. The van der Waals surface area contributed by atoms with Crippen LogP contribution in [-0.4, -0.2) is 47.0 Å². The molecule has 1 saturated heterocycles. The fourth-order valence-electron chi connectivity index (χ4n) is 3.08. The molecule has 0 atom stereocenters. The lowest BCUT2D eigenvalue weighted by molar-refractivity contribution is 0.0714. The normalized spacial score (nSPS) is 15.7. The van der Waals surface area contributed by atoms with Gasteiger partial charge in [0.25, 0.3) is 5.91 Å². The number of amides is 1. The maximum absolute atomic E-state index is 12.4. The molecule has 3 heterocycles. The number of nitrogens with zero attached hydrogens (tertiary/aromatic N) is 4. The Balaban J connectivity index is 1.63. The van der Waals surface area contributed by atoms with E-state index in [0.717, 1.165) is 48.1 Å². The van der Waals surface area contributed by atoms with E-state index in [9.17, 15) is 4.79 Å². The molecule has 2 aromatic rings. The minimum absolute atomic E-state index is 0.132. The minimum Gasteiger partial charge on any atom is -0.356 e. The van der Waals surface area contributed by atoms with Gasteiger partial charge in [0.05, 0.1) is 4.88 Å². The molecule has 23 heavy (non-hydrogen) atoms. The van der Waals surface area contributed by atoms with Crippen molar-refractivity contribution in [2.75, 3.05) is 25.0 Å². The van der Waals surface area contributed by atoms with Crippen LogP contribution in [0.1, 0.15) is 34.0 Å². The van der Waals surface area contributed by atoms with Crippen molar-refractivity contribution in [1.82, 2.24) is 14.9 Å². The summed E-state index contributed by atoms with van der Waals surface area (Å²) >= 11 is 1.51. The molecule has 0 aromatic carbocycles. The maximum Gasteiger partial charge on any atom is 0.263 e. The standard InChI is InChI=1S/C17H22N4OS/c1-12-11-16(19-13(2)18-12)21-8-6-14(7-9-21)20(3)17(22)15-5-4-10-23-15/h4-5,10-11,14H,6-9H2,1-3H3. The molecule has 6 heteroatoms. The lowest BCUT2D eigenvalue weighted by Gasteiger charge is -2.37. The lowest BCUT2D eigenvalue weighted by Crippen LogP contribution is -2.45. The Morgan fingerprint density at radius 2 is 2.04 bits per heavy atom. The number of carbonyl (C=O) groups excluding carboxylic acids is 1. The van der Waals surface area contributed by atoms with E-state index >= 15 is 0 Å². The highest BCUT2D eigenvalue weighted by atomic mass is 32.1. The average molecular weight is 330 g/mol. The van der Waals surface area contributed by atoms with Crippen molar-refractivity contribution < 1.29 is 4.79 Å². The van der Waals surface area contributed by atoms with Gasteiger partial charge in [0.2, 0.25) is 0 Å². The van der Waals surface area contributed by atoms with Gasteiger partial charge in [0.15, 0.2) is 0 Å². The minimum atomic E-state index is 0.132. The number of hydrogen-bond acceptors (Lipinski definition) is 5. The summed E-state index contributed by atoms with van der Waals surface area (Å²) in [7, 11) is 1.92. The van der Waals surface area contributed by atoms with Crippen LogP contribution in [0.15, 0.2) is 23.6 Å². The van der Waals surface area contributed by atoms with E-state index in [-0.39, 0.29) is 5.91 Å². The Hall–Kier alpha value is -1.95. The lowest BCUT2D eigenvalue weighted by atomic mass is 10.0. The summed E-state index contributed by atoms with van der Waals surface area (Å²) in [4.78, 5) is 26.3.